The van der Waals surface area contributed by atoms with Crippen LogP contribution in [0.25, 0.3) is 0 Å². The molecule has 0 radical (unpaired) electrons. The largest absolute Gasteiger partial charge is 0.364 e. The van der Waals surface area contributed by atoms with Crippen molar-refractivity contribution in [3.05, 3.63) is 50.8 Å². The Hall–Kier alpha value is -2.70. The normalized spacial score (nSPS) is 17.0. The Labute approximate surface area is 165 Å². The molecular formula is C21H29N5O2. The highest BCUT2D eigenvalue weighted by atomic mass is 16.2. The van der Waals surface area contributed by atoms with E-state index in [1.54, 1.807) is 24.9 Å². The fraction of sp³-hybridized carbons (Fsp3) is 0.524. The molecular weight excluding hydrogens is 354 g/mol. The summed E-state index contributed by atoms with van der Waals surface area (Å²) in [6, 6.07) is -0.0713. The summed E-state index contributed by atoms with van der Waals surface area (Å²) >= 11 is 0. The Kier molecular flexibility index (Phi) is 5.82. The molecule has 0 bridgehead atoms. The number of nitrogens with one attached hydrogen (secondary N) is 2. The van der Waals surface area contributed by atoms with E-state index in [1.807, 2.05) is 27.0 Å². The van der Waals surface area contributed by atoms with Crippen LogP contribution in [0.5, 0.6) is 0 Å². The maximum atomic E-state index is 13.1. The first-order valence-corrected chi connectivity index (χ1v) is 9.93. The van der Waals surface area contributed by atoms with Crippen LogP contribution in [0.3, 0.4) is 0 Å². The van der Waals surface area contributed by atoms with E-state index >= 15 is 0 Å². The summed E-state index contributed by atoms with van der Waals surface area (Å²) < 4.78 is 1.74. The highest BCUT2D eigenvalue weighted by Gasteiger charge is 2.28. The molecule has 0 spiro atoms. The average Bonchev–Trinajstić information content (AvgIpc) is 2.72. The molecule has 0 fully saturated rings. The van der Waals surface area contributed by atoms with Crippen molar-refractivity contribution in [1.82, 2.24) is 19.9 Å². The van der Waals surface area contributed by atoms with E-state index in [1.165, 1.54) is 0 Å². The maximum absolute atomic E-state index is 13.1. The Bertz CT molecular complexity index is 951. The molecule has 2 aromatic rings. The lowest BCUT2D eigenvalue weighted by molar-refractivity contribution is 0.0962. The molecule has 7 nitrogen and oxygen atoms in total. The smallest absolute Gasteiger partial charge is 0.255 e. The standard InChI is InChI=1S/C21H29N5O2/c1-6-12(2)26-19(18(20(27)22-5)13(3)14(4)21(26)28)25-17-9-7-8-16-15(17)10-23-11-24-16/h10-12,17,25H,6-9H2,1-5H3,(H,22,27). The molecule has 1 aliphatic rings. The SMILES string of the molecule is CCC(C)n1c(NC2CCCc3ncncc32)c(C(=O)NC)c(C)c(C)c1=O. The van der Waals surface area contributed by atoms with Crippen molar-refractivity contribution in [2.75, 3.05) is 12.4 Å². The molecule has 3 rings (SSSR count). The monoisotopic (exact) mass is 383 g/mol. The van der Waals surface area contributed by atoms with Crippen LogP contribution in [0.2, 0.25) is 0 Å². The zero-order chi connectivity index (χ0) is 20.4. The molecule has 2 unspecified atom stereocenters. The van der Waals surface area contributed by atoms with E-state index in [2.05, 4.69) is 20.6 Å². The summed E-state index contributed by atoms with van der Waals surface area (Å²) in [5.41, 5.74) is 3.87. The predicted molar refractivity (Wildman–Crippen MR) is 110 cm³/mol. The number of amides is 1. The summed E-state index contributed by atoms with van der Waals surface area (Å²) in [7, 11) is 1.61. The van der Waals surface area contributed by atoms with Crippen molar-refractivity contribution in [2.45, 2.75) is 65.5 Å². The van der Waals surface area contributed by atoms with Crippen LogP contribution < -0.4 is 16.2 Å². The highest BCUT2D eigenvalue weighted by Crippen LogP contribution is 2.34. The third-order valence-electron chi connectivity index (χ3n) is 5.86. The first-order valence-electron chi connectivity index (χ1n) is 9.93. The minimum atomic E-state index is -0.194. The second-order valence-corrected chi connectivity index (χ2v) is 7.50. The quantitative estimate of drug-likeness (QED) is 0.828. The summed E-state index contributed by atoms with van der Waals surface area (Å²) in [5.74, 6) is 0.393. The number of aromatic nitrogens is 3. The first kappa shape index (κ1) is 20.0. The van der Waals surface area contributed by atoms with Crippen molar-refractivity contribution >= 4 is 11.7 Å². The van der Waals surface area contributed by atoms with Crippen molar-refractivity contribution < 1.29 is 4.79 Å². The third kappa shape index (κ3) is 3.41. The highest BCUT2D eigenvalue weighted by molar-refractivity contribution is 6.00. The van der Waals surface area contributed by atoms with Gasteiger partial charge < -0.3 is 10.6 Å². The van der Waals surface area contributed by atoms with Crippen molar-refractivity contribution in [2.24, 2.45) is 0 Å². The van der Waals surface area contributed by atoms with E-state index in [4.69, 9.17) is 0 Å². The van der Waals surface area contributed by atoms with Crippen LogP contribution in [0.4, 0.5) is 5.82 Å². The average molecular weight is 383 g/mol. The molecule has 2 N–H and O–H groups in total. The number of carbonyl (C=O) groups is 1. The van der Waals surface area contributed by atoms with Crippen LogP contribution in [-0.2, 0) is 6.42 Å². The van der Waals surface area contributed by atoms with Crippen LogP contribution in [0.15, 0.2) is 17.3 Å². The number of rotatable bonds is 5. The number of hydrogen-bond donors (Lipinski definition) is 2. The van der Waals surface area contributed by atoms with Gasteiger partial charge in [-0.1, -0.05) is 6.92 Å². The van der Waals surface area contributed by atoms with Crippen molar-refractivity contribution in [3.8, 4) is 0 Å². The third-order valence-corrected chi connectivity index (χ3v) is 5.86. The van der Waals surface area contributed by atoms with Gasteiger partial charge in [0.2, 0.25) is 0 Å². The van der Waals surface area contributed by atoms with Crippen LogP contribution in [0, 0.1) is 13.8 Å². The number of hydrogen-bond acceptors (Lipinski definition) is 5. The maximum Gasteiger partial charge on any atom is 0.255 e. The lowest BCUT2D eigenvalue weighted by atomic mass is 9.92. The first-order chi connectivity index (χ1) is 13.4. The number of pyridine rings is 1. The molecule has 2 atom stereocenters. The number of nitrogens with zero attached hydrogens (tertiary/aromatic N) is 3. The molecule has 0 saturated heterocycles. The molecule has 2 aromatic heterocycles. The lowest BCUT2D eigenvalue weighted by Gasteiger charge is -2.30. The Morgan fingerprint density at radius 2 is 2.11 bits per heavy atom. The van der Waals surface area contributed by atoms with E-state index in [0.717, 1.165) is 36.9 Å². The minimum absolute atomic E-state index is 0.0345. The molecule has 0 saturated carbocycles. The summed E-state index contributed by atoms with van der Waals surface area (Å²) in [6.07, 6.45) is 7.01. The van der Waals surface area contributed by atoms with Crippen LogP contribution in [-0.4, -0.2) is 27.5 Å². The van der Waals surface area contributed by atoms with Crippen LogP contribution >= 0.6 is 0 Å². The minimum Gasteiger partial charge on any atom is -0.364 e. The van der Waals surface area contributed by atoms with E-state index in [0.29, 0.717) is 22.5 Å². The topological polar surface area (TPSA) is 88.9 Å². The van der Waals surface area contributed by atoms with Gasteiger partial charge in [-0.3, -0.25) is 14.2 Å². The summed E-state index contributed by atoms with van der Waals surface area (Å²) in [6.45, 7) is 7.67. The van der Waals surface area contributed by atoms with Gasteiger partial charge in [0, 0.05) is 36.1 Å². The molecule has 28 heavy (non-hydrogen) atoms. The van der Waals surface area contributed by atoms with E-state index in [-0.39, 0.29) is 23.6 Å². The predicted octanol–water partition coefficient (Wildman–Crippen LogP) is 3.08. The van der Waals surface area contributed by atoms with Crippen molar-refractivity contribution in [3.63, 3.8) is 0 Å². The molecule has 7 heteroatoms. The van der Waals surface area contributed by atoms with Gasteiger partial charge in [-0.2, -0.15) is 0 Å². The fourth-order valence-corrected chi connectivity index (χ4v) is 3.89. The molecule has 1 amide bonds. The summed E-state index contributed by atoms with van der Waals surface area (Å²) in [5, 5.41) is 6.27. The molecule has 1 aliphatic carbocycles. The number of anilines is 1. The van der Waals surface area contributed by atoms with Gasteiger partial charge in [0.25, 0.3) is 11.5 Å². The molecule has 0 aromatic carbocycles. The number of aryl methyl sites for hydroxylation is 1. The number of carbonyl (C=O) groups excluding carboxylic acids is 1. The van der Waals surface area contributed by atoms with Gasteiger partial charge in [-0.05, 0) is 52.0 Å². The van der Waals surface area contributed by atoms with Gasteiger partial charge in [-0.15, -0.1) is 0 Å². The van der Waals surface area contributed by atoms with E-state index < -0.39 is 0 Å². The molecule has 150 valence electrons. The Balaban J connectivity index is 2.21. The van der Waals surface area contributed by atoms with Gasteiger partial charge in [0.15, 0.2) is 0 Å². The second kappa shape index (κ2) is 8.12. The van der Waals surface area contributed by atoms with Crippen LogP contribution in [0.1, 0.15) is 77.9 Å². The van der Waals surface area contributed by atoms with Gasteiger partial charge in [0.1, 0.15) is 12.1 Å². The summed E-state index contributed by atoms with van der Waals surface area (Å²) in [4.78, 5) is 34.5. The van der Waals surface area contributed by atoms with E-state index in [9.17, 15) is 9.59 Å². The van der Waals surface area contributed by atoms with Gasteiger partial charge in [0.05, 0.1) is 11.6 Å². The molecule has 0 aliphatic heterocycles. The Morgan fingerprint density at radius 3 is 2.79 bits per heavy atom. The fourth-order valence-electron chi connectivity index (χ4n) is 3.89. The second-order valence-electron chi connectivity index (χ2n) is 7.50. The molecule has 2 heterocycles. The number of fused-ring (bicyclic) bond motifs is 1. The van der Waals surface area contributed by atoms with Gasteiger partial charge in [-0.25, -0.2) is 9.97 Å². The van der Waals surface area contributed by atoms with Gasteiger partial charge >= 0.3 is 0 Å². The zero-order valence-electron chi connectivity index (χ0n) is 17.3. The lowest BCUT2D eigenvalue weighted by Crippen LogP contribution is -2.34. The zero-order valence-corrected chi connectivity index (χ0v) is 17.3. The van der Waals surface area contributed by atoms with Crippen molar-refractivity contribution in [1.29, 1.82) is 0 Å². The Morgan fingerprint density at radius 1 is 1.36 bits per heavy atom.